The summed E-state index contributed by atoms with van der Waals surface area (Å²) in [6.45, 7) is 4.34. The summed E-state index contributed by atoms with van der Waals surface area (Å²) in [5.74, 6) is -0.105. The Kier molecular flexibility index (Phi) is 6.94. The quantitative estimate of drug-likeness (QED) is 0.397. The topological polar surface area (TPSA) is 107 Å². The van der Waals surface area contributed by atoms with Crippen molar-refractivity contribution in [1.29, 1.82) is 5.26 Å². The molecule has 0 bridgehead atoms. The molecule has 9 heteroatoms. The standard InChI is InChI=1S/C28H27ClN6O2/c1-17-6-19(10-20(29)7-17)24-13-32-27-26(25(24)15-34(2)14-21-4-3-5-31-21)28(37)35(16-33-27)22-8-18(12-30)9-23(36)11-22/h6-11,13,16,21,31,36H,3-5,14-15H2,1-2H3/t21-/m0/s1. The van der Waals surface area contributed by atoms with E-state index >= 15 is 0 Å². The number of aromatic hydroxyl groups is 1. The van der Waals surface area contributed by atoms with Crippen LogP contribution in [0, 0.1) is 18.3 Å². The maximum atomic E-state index is 14.0. The monoisotopic (exact) mass is 514 g/mol. The van der Waals surface area contributed by atoms with E-state index in [1.807, 2.05) is 38.2 Å². The highest BCUT2D eigenvalue weighted by molar-refractivity contribution is 6.31. The number of rotatable bonds is 6. The Hall–Kier alpha value is -3.77. The molecule has 1 aliphatic rings. The summed E-state index contributed by atoms with van der Waals surface area (Å²) in [5, 5.41) is 24.0. The highest BCUT2D eigenvalue weighted by atomic mass is 35.5. The van der Waals surface area contributed by atoms with E-state index in [1.54, 1.807) is 12.3 Å². The number of hydrogen-bond acceptors (Lipinski definition) is 7. The predicted molar refractivity (Wildman–Crippen MR) is 144 cm³/mol. The van der Waals surface area contributed by atoms with Crippen LogP contribution < -0.4 is 10.9 Å². The van der Waals surface area contributed by atoms with Crippen LogP contribution in [-0.4, -0.2) is 50.7 Å². The number of pyridine rings is 1. The van der Waals surface area contributed by atoms with Crippen molar-refractivity contribution in [2.24, 2.45) is 0 Å². The molecular weight excluding hydrogens is 488 g/mol. The summed E-state index contributed by atoms with van der Waals surface area (Å²) in [7, 11) is 2.04. The van der Waals surface area contributed by atoms with Crippen molar-refractivity contribution >= 4 is 22.6 Å². The van der Waals surface area contributed by atoms with E-state index in [-0.39, 0.29) is 16.9 Å². The minimum Gasteiger partial charge on any atom is -0.508 e. The van der Waals surface area contributed by atoms with Crippen LogP contribution in [0.3, 0.4) is 0 Å². The first-order valence-electron chi connectivity index (χ1n) is 12.2. The Balaban J connectivity index is 1.71. The number of fused-ring (bicyclic) bond motifs is 1. The lowest BCUT2D eigenvalue weighted by atomic mass is 9.97. The van der Waals surface area contributed by atoms with Crippen LogP contribution in [0.5, 0.6) is 5.75 Å². The highest BCUT2D eigenvalue weighted by Crippen LogP contribution is 2.31. The predicted octanol–water partition coefficient (Wildman–Crippen LogP) is 4.17. The molecule has 3 heterocycles. The second kappa shape index (κ2) is 10.3. The normalized spacial score (nSPS) is 15.4. The molecule has 8 nitrogen and oxygen atoms in total. The van der Waals surface area contributed by atoms with Crippen LogP contribution in [0.2, 0.25) is 5.02 Å². The molecule has 2 aromatic heterocycles. The summed E-state index contributed by atoms with van der Waals surface area (Å²) < 4.78 is 1.35. The maximum Gasteiger partial charge on any atom is 0.267 e. The van der Waals surface area contributed by atoms with Crippen molar-refractivity contribution in [3.05, 3.63) is 81.0 Å². The van der Waals surface area contributed by atoms with Gasteiger partial charge >= 0.3 is 0 Å². The first-order valence-corrected chi connectivity index (χ1v) is 12.5. The SMILES string of the molecule is Cc1cc(Cl)cc(-c2cnc3ncn(-c4cc(O)cc(C#N)c4)c(=O)c3c2CN(C)C[C@@H]2CCCN2)c1. The number of aromatic nitrogens is 3. The average molecular weight is 515 g/mol. The van der Waals surface area contributed by atoms with Crippen molar-refractivity contribution in [3.63, 3.8) is 0 Å². The molecule has 2 aromatic carbocycles. The first-order chi connectivity index (χ1) is 17.8. The van der Waals surface area contributed by atoms with Crippen molar-refractivity contribution in [2.75, 3.05) is 20.1 Å². The number of phenolic OH excluding ortho intramolecular Hbond substituents is 1. The molecule has 37 heavy (non-hydrogen) atoms. The van der Waals surface area contributed by atoms with Gasteiger partial charge in [-0.3, -0.25) is 9.36 Å². The lowest BCUT2D eigenvalue weighted by Crippen LogP contribution is -2.35. The number of benzene rings is 2. The number of phenols is 1. The zero-order chi connectivity index (χ0) is 26.1. The molecule has 0 saturated carbocycles. The summed E-state index contributed by atoms with van der Waals surface area (Å²) in [5.41, 5.74) is 4.11. The molecule has 0 spiro atoms. The third-order valence-electron chi connectivity index (χ3n) is 6.68. The van der Waals surface area contributed by atoms with Crippen molar-refractivity contribution in [2.45, 2.75) is 32.4 Å². The van der Waals surface area contributed by atoms with Gasteiger partial charge < -0.3 is 15.3 Å². The largest absolute Gasteiger partial charge is 0.508 e. The van der Waals surface area contributed by atoms with Crippen LogP contribution in [0.25, 0.3) is 27.8 Å². The Morgan fingerprint density at radius 1 is 1.24 bits per heavy atom. The summed E-state index contributed by atoms with van der Waals surface area (Å²) in [6.07, 6.45) is 5.41. The maximum absolute atomic E-state index is 14.0. The zero-order valence-electron chi connectivity index (χ0n) is 20.7. The molecule has 1 saturated heterocycles. The van der Waals surface area contributed by atoms with E-state index in [9.17, 15) is 15.2 Å². The van der Waals surface area contributed by atoms with Crippen LogP contribution in [0.15, 0.2) is 53.7 Å². The number of nitrogens with zero attached hydrogens (tertiary/aromatic N) is 5. The van der Waals surface area contributed by atoms with Crippen molar-refractivity contribution < 1.29 is 5.11 Å². The zero-order valence-corrected chi connectivity index (χ0v) is 21.5. The van der Waals surface area contributed by atoms with Gasteiger partial charge in [0.1, 0.15) is 12.1 Å². The number of nitrogens with one attached hydrogen (secondary N) is 1. The van der Waals surface area contributed by atoms with E-state index in [1.165, 1.54) is 23.0 Å². The van der Waals surface area contributed by atoms with E-state index < -0.39 is 0 Å². The fourth-order valence-corrected chi connectivity index (χ4v) is 5.35. The smallest absolute Gasteiger partial charge is 0.267 e. The van der Waals surface area contributed by atoms with Gasteiger partial charge in [0.2, 0.25) is 0 Å². The van der Waals surface area contributed by atoms with Gasteiger partial charge in [-0.15, -0.1) is 0 Å². The fourth-order valence-electron chi connectivity index (χ4n) is 5.06. The summed E-state index contributed by atoms with van der Waals surface area (Å²) >= 11 is 6.40. The molecule has 0 aliphatic carbocycles. The van der Waals surface area contributed by atoms with E-state index in [2.05, 4.69) is 20.2 Å². The van der Waals surface area contributed by atoms with E-state index in [0.717, 1.165) is 48.2 Å². The second-order valence-corrected chi connectivity index (χ2v) is 10.1. The molecule has 0 radical (unpaired) electrons. The van der Waals surface area contributed by atoms with Crippen LogP contribution in [0.4, 0.5) is 0 Å². The third-order valence-corrected chi connectivity index (χ3v) is 6.90. The first kappa shape index (κ1) is 24.9. The molecule has 1 fully saturated rings. The minimum absolute atomic E-state index is 0.105. The minimum atomic E-state index is -0.324. The Bertz CT molecular complexity index is 1570. The summed E-state index contributed by atoms with van der Waals surface area (Å²) in [6, 6.07) is 12.5. The van der Waals surface area contributed by atoms with Gasteiger partial charge in [-0.1, -0.05) is 17.7 Å². The second-order valence-electron chi connectivity index (χ2n) is 9.63. The van der Waals surface area contributed by atoms with Gasteiger partial charge in [-0.05, 0) is 74.3 Å². The van der Waals surface area contributed by atoms with Crippen LogP contribution >= 0.6 is 11.6 Å². The Morgan fingerprint density at radius 3 is 2.81 bits per heavy atom. The van der Waals surface area contributed by atoms with Crippen LogP contribution in [0.1, 0.15) is 29.5 Å². The lowest BCUT2D eigenvalue weighted by Gasteiger charge is -2.23. The fraction of sp³-hybridized carbons (Fsp3) is 0.286. The van der Waals surface area contributed by atoms with Gasteiger partial charge in [-0.2, -0.15) is 5.26 Å². The molecule has 0 unspecified atom stereocenters. The Labute approximate surface area is 219 Å². The molecule has 5 rings (SSSR count). The molecule has 4 aromatic rings. The Morgan fingerprint density at radius 2 is 2.08 bits per heavy atom. The third kappa shape index (κ3) is 5.20. The summed E-state index contributed by atoms with van der Waals surface area (Å²) in [4.78, 5) is 25.2. The molecule has 0 amide bonds. The van der Waals surface area contributed by atoms with Crippen molar-refractivity contribution in [3.8, 4) is 28.6 Å². The van der Waals surface area contributed by atoms with Crippen LogP contribution in [-0.2, 0) is 6.54 Å². The van der Waals surface area contributed by atoms with Gasteiger partial charge in [0, 0.05) is 42.0 Å². The molecule has 2 N–H and O–H groups in total. The molecule has 1 atom stereocenters. The van der Waals surface area contributed by atoms with E-state index in [0.29, 0.717) is 34.3 Å². The molecule has 188 valence electrons. The van der Waals surface area contributed by atoms with Crippen molar-refractivity contribution in [1.82, 2.24) is 24.8 Å². The van der Waals surface area contributed by atoms with Gasteiger partial charge in [0.15, 0.2) is 5.65 Å². The molecule has 1 aliphatic heterocycles. The number of hydrogen-bond donors (Lipinski definition) is 2. The number of likely N-dealkylation sites (N-methyl/N-ethyl adjacent to an activating group) is 1. The van der Waals surface area contributed by atoms with Gasteiger partial charge in [-0.25, -0.2) is 9.97 Å². The number of aryl methyl sites for hydroxylation is 1. The molecular formula is C28H27ClN6O2. The van der Waals surface area contributed by atoms with Gasteiger partial charge in [0.25, 0.3) is 5.56 Å². The number of halogens is 1. The lowest BCUT2D eigenvalue weighted by molar-refractivity contribution is 0.294. The highest BCUT2D eigenvalue weighted by Gasteiger charge is 2.21. The van der Waals surface area contributed by atoms with E-state index in [4.69, 9.17) is 11.6 Å². The number of nitriles is 1. The van der Waals surface area contributed by atoms with Gasteiger partial charge in [0.05, 0.1) is 22.7 Å². The average Bonchev–Trinajstić information content (AvgIpc) is 3.36.